The number of carbonyl (C=O) groups excluding carboxylic acids is 1. The number of hydrogen-bond donors (Lipinski definition) is 0. The van der Waals surface area contributed by atoms with Gasteiger partial charge in [-0.1, -0.05) is 26.8 Å². The third-order valence-corrected chi connectivity index (χ3v) is 4.36. The Bertz CT molecular complexity index is 1080. The molecule has 0 amide bonds. The summed E-state index contributed by atoms with van der Waals surface area (Å²) < 4.78 is 20.2. The second-order valence-corrected chi connectivity index (χ2v) is 7.65. The molecule has 0 saturated carbocycles. The van der Waals surface area contributed by atoms with Crippen LogP contribution in [-0.2, 0) is 5.41 Å². The number of esters is 1. The van der Waals surface area contributed by atoms with Gasteiger partial charge in [-0.05, 0) is 37.3 Å². The van der Waals surface area contributed by atoms with Gasteiger partial charge >= 0.3 is 5.97 Å². The first-order valence-corrected chi connectivity index (χ1v) is 8.90. The molecule has 0 bridgehead atoms. The molecule has 0 aliphatic carbocycles. The van der Waals surface area contributed by atoms with Gasteiger partial charge in [-0.15, -0.1) is 0 Å². The van der Waals surface area contributed by atoms with E-state index >= 15 is 0 Å². The van der Waals surface area contributed by atoms with Crippen LogP contribution in [0.4, 0.5) is 10.1 Å². The molecule has 1 heterocycles. The molecule has 1 aromatic heterocycles. The maximum atomic E-state index is 13.3. The molecular formula is C21H20FN3O4. The Morgan fingerprint density at radius 2 is 1.79 bits per heavy atom. The van der Waals surface area contributed by atoms with Crippen LogP contribution in [0.25, 0.3) is 5.69 Å². The molecule has 0 saturated heterocycles. The van der Waals surface area contributed by atoms with E-state index < -0.39 is 16.7 Å². The van der Waals surface area contributed by atoms with Crippen molar-refractivity contribution in [1.82, 2.24) is 9.78 Å². The molecule has 0 N–H and O–H groups in total. The fraction of sp³-hybridized carbons (Fsp3) is 0.238. The molecule has 3 rings (SSSR count). The van der Waals surface area contributed by atoms with Crippen molar-refractivity contribution in [3.8, 4) is 11.6 Å². The van der Waals surface area contributed by atoms with Crippen LogP contribution < -0.4 is 4.74 Å². The van der Waals surface area contributed by atoms with Crippen molar-refractivity contribution < 1.29 is 18.8 Å². The van der Waals surface area contributed by atoms with Crippen LogP contribution in [0.3, 0.4) is 0 Å². The van der Waals surface area contributed by atoms with Gasteiger partial charge in [-0.25, -0.2) is 13.9 Å². The van der Waals surface area contributed by atoms with Crippen molar-refractivity contribution in [2.24, 2.45) is 0 Å². The molecule has 8 heteroatoms. The van der Waals surface area contributed by atoms with Crippen molar-refractivity contribution in [1.29, 1.82) is 0 Å². The Morgan fingerprint density at radius 1 is 1.14 bits per heavy atom. The van der Waals surface area contributed by atoms with E-state index in [0.29, 0.717) is 16.9 Å². The van der Waals surface area contributed by atoms with E-state index in [1.54, 1.807) is 13.0 Å². The van der Waals surface area contributed by atoms with Crippen molar-refractivity contribution in [2.45, 2.75) is 33.1 Å². The van der Waals surface area contributed by atoms with Gasteiger partial charge in [0, 0.05) is 23.1 Å². The fourth-order valence-corrected chi connectivity index (χ4v) is 2.66. The Kier molecular flexibility index (Phi) is 5.19. The highest BCUT2D eigenvalue weighted by molar-refractivity contribution is 5.91. The number of benzene rings is 2. The van der Waals surface area contributed by atoms with Crippen LogP contribution >= 0.6 is 0 Å². The van der Waals surface area contributed by atoms with Gasteiger partial charge < -0.3 is 4.74 Å². The first-order valence-electron chi connectivity index (χ1n) is 8.90. The van der Waals surface area contributed by atoms with E-state index in [1.807, 2.05) is 20.8 Å². The molecule has 3 aromatic rings. The summed E-state index contributed by atoms with van der Waals surface area (Å²) in [5.74, 6) is -1.02. The van der Waals surface area contributed by atoms with Gasteiger partial charge in [0.25, 0.3) is 5.69 Å². The topological polar surface area (TPSA) is 87.3 Å². The highest BCUT2D eigenvalue weighted by Crippen LogP contribution is 2.28. The minimum absolute atomic E-state index is 0.0477. The van der Waals surface area contributed by atoms with Gasteiger partial charge in [0.1, 0.15) is 5.82 Å². The number of aromatic nitrogens is 2. The van der Waals surface area contributed by atoms with E-state index in [0.717, 1.165) is 0 Å². The van der Waals surface area contributed by atoms with E-state index in [1.165, 1.54) is 47.1 Å². The third kappa shape index (κ3) is 4.31. The van der Waals surface area contributed by atoms with Gasteiger partial charge in [0.05, 0.1) is 21.9 Å². The molecular weight excluding hydrogens is 377 g/mol. The number of rotatable bonds is 4. The minimum atomic E-state index is -0.753. The summed E-state index contributed by atoms with van der Waals surface area (Å²) in [4.78, 5) is 23.2. The normalized spacial score (nSPS) is 11.3. The summed E-state index contributed by atoms with van der Waals surface area (Å²) in [6.45, 7) is 7.46. The molecule has 0 aliphatic heterocycles. The summed E-state index contributed by atoms with van der Waals surface area (Å²) in [7, 11) is 0. The largest absolute Gasteiger partial charge is 0.404 e. The lowest BCUT2D eigenvalue weighted by Gasteiger charge is -2.13. The van der Waals surface area contributed by atoms with Crippen LogP contribution in [0.5, 0.6) is 5.88 Å². The fourth-order valence-electron chi connectivity index (χ4n) is 2.66. The third-order valence-electron chi connectivity index (χ3n) is 4.36. The lowest BCUT2D eigenvalue weighted by atomic mass is 9.93. The maximum absolute atomic E-state index is 13.3. The molecule has 0 radical (unpaired) electrons. The lowest BCUT2D eigenvalue weighted by Crippen LogP contribution is -2.13. The molecule has 0 unspecified atom stereocenters. The molecule has 0 aliphatic rings. The average Bonchev–Trinajstić information content (AvgIpc) is 3.06. The summed E-state index contributed by atoms with van der Waals surface area (Å²) in [5, 5.41) is 15.6. The van der Waals surface area contributed by atoms with E-state index in [-0.39, 0.29) is 22.5 Å². The molecule has 0 fully saturated rings. The first kappa shape index (κ1) is 20.2. The molecule has 0 atom stereocenters. The van der Waals surface area contributed by atoms with Crippen LogP contribution in [-0.4, -0.2) is 20.7 Å². The van der Waals surface area contributed by atoms with Crippen molar-refractivity contribution in [2.75, 3.05) is 0 Å². The second kappa shape index (κ2) is 7.46. The van der Waals surface area contributed by atoms with E-state index in [2.05, 4.69) is 5.10 Å². The van der Waals surface area contributed by atoms with Gasteiger partial charge in [0.2, 0.25) is 5.88 Å². The average molecular weight is 397 g/mol. The van der Waals surface area contributed by atoms with Gasteiger partial charge in [-0.3, -0.25) is 10.1 Å². The SMILES string of the molecule is Cc1ccc(C(=O)Oc2cc(C(C)(C)C)nn2-c2ccc(F)cc2)cc1[N+](=O)[O-]. The molecule has 0 spiro atoms. The van der Waals surface area contributed by atoms with E-state index in [4.69, 9.17) is 4.74 Å². The number of aryl methyl sites for hydroxylation is 1. The predicted molar refractivity (Wildman–Crippen MR) is 105 cm³/mol. The zero-order valence-corrected chi connectivity index (χ0v) is 16.5. The van der Waals surface area contributed by atoms with E-state index in [9.17, 15) is 19.3 Å². The summed E-state index contributed by atoms with van der Waals surface area (Å²) in [6, 6.07) is 11.4. The predicted octanol–water partition coefficient (Wildman–Crippen LogP) is 4.74. The number of nitro benzene ring substituents is 1. The smallest absolute Gasteiger partial charge is 0.345 e. The Hall–Kier alpha value is -3.55. The van der Waals surface area contributed by atoms with Gasteiger partial charge in [0.15, 0.2) is 0 Å². The van der Waals surface area contributed by atoms with Crippen LogP contribution in [0.2, 0.25) is 0 Å². The van der Waals surface area contributed by atoms with Crippen LogP contribution in [0.15, 0.2) is 48.5 Å². The molecule has 29 heavy (non-hydrogen) atoms. The van der Waals surface area contributed by atoms with Crippen molar-refractivity contribution in [3.05, 3.63) is 81.3 Å². The number of nitrogens with zero attached hydrogens (tertiary/aromatic N) is 3. The van der Waals surface area contributed by atoms with Crippen molar-refractivity contribution >= 4 is 11.7 Å². The standard InChI is InChI=1S/C21H20FN3O4/c1-13-5-6-14(11-17(13)25(27)28)20(26)29-19-12-18(21(2,3)4)23-24(19)16-9-7-15(22)8-10-16/h5-12H,1-4H3. The number of carbonyl (C=O) groups is 1. The zero-order chi connectivity index (χ0) is 21.3. The second-order valence-electron chi connectivity index (χ2n) is 7.65. The number of halogens is 1. The number of ether oxygens (including phenoxy) is 1. The molecule has 150 valence electrons. The summed E-state index contributed by atoms with van der Waals surface area (Å²) in [5.41, 5.74) is 1.18. The maximum Gasteiger partial charge on any atom is 0.345 e. The highest BCUT2D eigenvalue weighted by atomic mass is 19.1. The van der Waals surface area contributed by atoms with Gasteiger partial charge in [-0.2, -0.15) is 5.10 Å². The molecule has 7 nitrogen and oxygen atoms in total. The number of hydrogen-bond acceptors (Lipinski definition) is 5. The van der Waals surface area contributed by atoms with Crippen molar-refractivity contribution in [3.63, 3.8) is 0 Å². The minimum Gasteiger partial charge on any atom is -0.404 e. The Morgan fingerprint density at radius 3 is 2.38 bits per heavy atom. The van der Waals surface area contributed by atoms with Crippen LogP contribution in [0.1, 0.15) is 42.4 Å². The van der Waals surface area contributed by atoms with Crippen LogP contribution in [0, 0.1) is 22.9 Å². The monoisotopic (exact) mass is 397 g/mol. The number of nitro groups is 1. The Labute approximate surface area is 166 Å². The first-order chi connectivity index (χ1) is 13.6. The zero-order valence-electron chi connectivity index (χ0n) is 16.5. The quantitative estimate of drug-likeness (QED) is 0.360. The summed E-state index contributed by atoms with van der Waals surface area (Å²) >= 11 is 0. The Balaban J connectivity index is 2.01. The lowest BCUT2D eigenvalue weighted by molar-refractivity contribution is -0.385. The highest BCUT2D eigenvalue weighted by Gasteiger charge is 2.24. The summed E-state index contributed by atoms with van der Waals surface area (Å²) in [6.07, 6.45) is 0. The molecule has 2 aromatic carbocycles.